The number of fused-ring (bicyclic) bond motifs is 1. The summed E-state index contributed by atoms with van der Waals surface area (Å²) in [6.45, 7) is 0. The van der Waals surface area contributed by atoms with Crippen molar-refractivity contribution >= 4 is 21.9 Å². The van der Waals surface area contributed by atoms with Gasteiger partial charge >= 0.3 is 0 Å². The van der Waals surface area contributed by atoms with Crippen molar-refractivity contribution in [2.24, 2.45) is 4.99 Å². The van der Waals surface area contributed by atoms with Crippen molar-refractivity contribution in [1.29, 1.82) is 0 Å². The van der Waals surface area contributed by atoms with Crippen LogP contribution in [0.1, 0.15) is 5.56 Å². The average Bonchev–Trinajstić information content (AvgIpc) is 2.89. The second-order valence-corrected chi connectivity index (χ2v) is 5.49. The van der Waals surface area contributed by atoms with Crippen molar-refractivity contribution in [2.45, 2.75) is 0 Å². The third-order valence-corrected chi connectivity index (χ3v) is 4.50. The molecule has 4 nitrogen and oxygen atoms in total. The topological polar surface area (TPSA) is 50.4 Å². The minimum atomic E-state index is -1.06. The van der Waals surface area contributed by atoms with E-state index in [2.05, 4.69) is 9.98 Å². The van der Waals surface area contributed by atoms with E-state index in [-0.39, 0.29) is 11.8 Å². The molecule has 3 rings (SSSR count). The van der Waals surface area contributed by atoms with Crippen LogP contribution in [0.3, 0.4) is 0 Å². The zero-order valence-corrected chi connectivity index (χ0v) is 9.68. The van der Waals surface area contributed by atoms with Gasteiger partial charge in [0, 0.05) is 5.56 Å². The molecule has 1 aromatic carbocycles. The highest BCUT2D eigenvalue weighted by Crippen LogP contribution is 2.42. The predicted molar refractivity (Wildman–Crippen MR) is 66.3 cm³/mol. The Morgan fingerprint density at radius 2 is 2.18 bits per heavy atom. The Bertz CT molecular complexity index is 596. The minimum Gasteiger partial charge on any atom is -0.385 e. The van der Waals surface area contributed by atoms with E-state index < -0.39 is 11.1 Å². The van der Waals surface area contributed by atoms with Crippen molar-refractivity contribution in [3.05, 3.63) is 48.2 Å². The lowest BCUT2D eigenvalue weighted by Crippen LogP contribution is -2.08. The Kier molecular flexibility index (Phi) is 2.45. The molecule has 88 valence electrons. The lowest BCUT2D eigenvalue weighted by Gasteiger charge is -2.17. The molecule has 2 aromatic rings. The summed E-state index contributed by atoms with van der Waals surface area (Å²) in [6.07, 6.45) is 3.23. The van der Waals surface area contributed by atoms with Gasteiger partial charge in [-0.1, -0.05) is 12.1 Å². The van der Waals surface area contributed by atoms with Gasteiger partial charge in [-0.3, -0.25) is 3.97 Å². The Balaban J connectivity index is 2.11. The summed E-state index contributed by atoms with van der Waals surface area (Å²) in [5, 5.41) is 10.0. The van der Waals surface area contributed by atoms with Crippen LogP contribution in [-0.2, 0) is 0 Å². The van der Waals surface area contributed by atoms with Crippen LogP contribution >= 0.6 is 11.1 Å². The molecule has 1 atom stereocenters. The molecule has 6 heteroatoms. The number of benzene rings is 1. The van der Waals surface area contributed by atoms with E-state index in [1.165, 1.54) is 6.07 Å². The molecule has 0 radical (unpaired) electrons. The van der Waals surface area contributed by atoms with E-state index in [9.17, 15) is 9.50 Å². The number of hydrogen-bond donors (Lipinski definition) is 2. The van der Waals surface area contributed by atoms with Crippen molar-refractivity contribution in [1.82, 2.24) is 8.96 Å². The molecule has 1 aliphatic heterocycles. The second-order valence-electron chi connectivity index (χ2n) is 3.55. The van der Waals surface area contributed by atoms with E-state index in [1.807, 2.05) is 0 Å². The molecule has 17 heavy (non-hydrogen) atoms. The van der Waals surface area contributed by atoms with Gasteiger partial charge in [0.1, 0.15) is 17.2 Å². The molecule has 0 fully saturated rings. The van der Waals surface area contributed by atoms with E-state index in [1.54, 1.807) is 34.7 Å². The lowest BCUT2D eigenvalue weighted by atomic mass is 10.2. The highest BCUT2D eigenvalue weighted by atomic mass is 32.2. The first-order chi connectivity index (χ1) is 8.31. The van der Waals surface area contributed by atoms with Gasteiger partial charge in [-0.2, -0.15) is 0 Å². The number of thiol groups is 1. The number of halogens is 1. The van der Waals surface area contributed by atoms with Crippen LogP contribution in [0.2, 0.25) is 0 Å². The van der Waals surface area contributed by atoms with Crippen LogP contribution in [0.25, 0.3) is 0 Å². The number of rotatable bonds is 2. The van der Waals surface area contributed by atoms with E-state index in [0.717, 1.165) is 0 Å². The fourth-order valence-electron chi connectivity index (χ4n) is 1.79. The number of aromatic nitrogens is 2. The van der Waals surface area contributed by atoms with Crippen LogP contribution < -0.4 is 0 Å². The van der Waals surface area contributed by atoms with Crippen LogP contribution in [0.4, 0.5) is 10.2 Å². The summed E-state index contributed by atoms with van der Waals surface area (Å²) in [4.78, 5) is 8.30. The molecule has 0 aliphatic carbocycles. The molecule has 0 amide bonds. The summed E-state index contributed by atoms with van der Waals surface area (Å²) < 4.78 is 15.5. The zero-order chi connectivity index (χ0) is 11.8. The molecular weight excluding hydrogens is 241 g/mol. The highest BCUT2D eigenvalue weighted by molar-refractivity contribution is 8.29. The van der Waals surface area contributed by atoms with Crippen molar-refractivity contribution in [3.63, 3.8) is 0 Å². The van der Waals surface area contributed by atoms with Crippen LogP contribution in [0.15, 0.2) is 41.8 Å². The number of imidazole rings is 1. The summed E-state index contributed by atoms with van der Waals surface area (Å²) >= 11 is -1.06. The first kappa shape index (κ1) is 10.5. The van der Waals surface area contributed by atoms with Gasteiger partial charge in [0.2, 0.25) is 0 Å². The predicted octanol–water partition coefficient (Wildman–Crippen LogP) is 1.83. The maximum Gasteiger partial charge on any atom is 0.162 e. The molecule has 1 aromatic heterocycles. The average molecular weight is 251 g/mol. The molecule has 2 heterocycles. The van der Waals surface area contributed by atoms with Gasteiger partial charge in [0.15, 0.2) is 5.82 Å². The Morgan fingerprint density at radius 3 is 2.94 bits per heavy atom. The highest BCUT2D eigenvalue weighted by Gasteiger charge is 2.25. The fraction of sp³-hybridized carbons (Fsp3) is 0.0909. The maximum absolute atomic E-state index is 13.7. The Labute approximate surface area is 99.9 Å². The van der Waals surface area contributed by atoms with E-state index in [0.29, 0.717) is 16.4 Å². The molecule has 1 N–H and O–H groups in total. The van der Waals surface area contributed by atoms with Crippen LogP contribution in [-0.4, -0.2) is 25.0 Å². The number of hydrogen-bond acceptors (Lipinski definition) is 3. The zero-order valence-electron chi connectivity index (χ0n) is 8.79. The van der Waals surface area contributed by atoms with Gasteiger partial charge in [-0.15, -0.1) is 11.1 Å². The van der Waals surface area contributed by atoms with Crippen molar-refractivity contribution < 1.29 is 9.50 Å². The first-order valence-electron chi connectivity index (χ1n) is 5.06. The van der Waals surface area contributed by atoms with Gasteiger partial charge in [0.25, 0.3) is 0 Å². The van der Waals surface area contributed by atoms with Gasteiger partial charge in [-0.25, -0.2) is 14.4 Å². The molecule has 1 unspecified atom stereocenters. The fourth-order valence-corrected chi connectivity index (χ4v) is 3.47. The quantitative estimate of drug-likeness (QED) is 0.800. The SMILES string of the molecule is OC[SH]1C(c2ccccc2F)=Nc2cncn21. The maximum atomic E-state index is 13.7. The lowest BCUT2D eigenvalue weighted by molar-refractivity contribution is 0.373. The van der Waals surface area contributed by atoms with Gasteiger partial charge in [0.05, 0.1) is 12.1 Å². The Hall–Kier alpha value is -1.66. The molecule has 0 saturated heterocycles. The molecule has 1 aliphatic rings. The van der Waals surface area contributed by atoms with Crippen molar-refractivity contribution in [2.75, 3.05) is 5.94 Å². The van der Waals surface area contributed by atoms with E-state index in [4.69, 9.17) is 0 Å². The van der Waals surface area contributed by atoms with Crippen molar-refractivity contribution in [3.8, 4) is 0 Å². The smallest absolute Gasteiger partial charge is 0.162 e. The third-order valence-electron chi connectivity index (χ3n) is 2.57. The Morgan fingerprint density at radius 1 is 1.35 bits per heavy atom. The largest absolute Gasteiger partial charge is 0.385 e. The number of aliphatic hydroxyl groups is 1. The summed E-state index contributed by atoms with van der Waals surface area (Å²) in [7, 11) is 0. The first-order valence-corrected chi connectivity index (χ1v) is 6.54. The number of aliphatic hydroxyl groups excluding tert-OH is 1. The monoisotopic (exact) mass is 251 g/mol. The third kappa shape index (κ3) is 1.57. The molecule has 0 saturated carbocycles. The summed E-state index contributed by atoms with van der Waals surface area (Å²) in [5.74, 6) is 0.292. The normalized spacial score (nSPS) is 20.1. The van der Waals surface area contributed by atoms with Gasteiger partial charge in [-0.05, 0) is 12.1 Å². The molecular formula is C11H10FN3OS. The van der Waals surface area contributed by atoms with E-state index >= 15 is 0 Å². The standard InChI is InChI=1S/C11H10FN3OS/c12-9-4-2-1-3-8(9)11-14-10-5-13-6-15(10)17(11)7-16/h1-6,16-17H,7H2. The minimum absolute atomic E-state index is 0.0636. The summed E-state index contributed by atoms with van der Waals surface area (Å²) in [5.41, 5.74) is 0.455. The van der Waals surface area contributed by atoms with Crippen LogP contribution in [0.5, 0.6) is 0 Å². The number of nitrogens with zero attached hydrogens (tertiary/aromatic N) is 3. The van der Waals surface area contributed by atoms with Gasteiger partial charge < -0.3 is 5.11 Å². The van der Waals surface area contributed by atoms with Crippen LogP contribution in [0, 0.1) is 5.82 Å². The molecule has 0 spiro atoms. The number of aliphatic imine (C=N–C) groups is 1. The second kappa shape index (κ2) is 3.97. The summed E-state index contributed by atoms with van der Waals surface area (Å²) in [6, 6.07) is 6.47. The molecule has 0 bridgehead atoms.